The Kier molecular flexibility index (Phi) is 6.81. The van der Waals surface area contributed by atoms with E-state index in [-0.39, 0.29) is 0 Å². The minimum atomic E-state index is 0.999. The summed E-state index contributed by atoms with van der Waals surface area (Å²) in [6.45, 7) is 4.62. The van der Waals surface area contributed by atoms with Gasteiger partial charge < -0.3 is 0 Å². The van der Waals surface area contributed by atoms with E-state index in [2.05, 4.69) is 38.1 Å². The van der Waals surface area contributed by atoms with Crippen molar-refractivity contribution >= 4 is 0 Å². The van der Waals surface area contributed by atoms with Crippen molar-refractivity contribution in [1.29, 1.82) is 0 Å². The molecule has 3 rings (SSSR count). The Morgan fingerprint density at radius 3 is 1.67 bits per heavy atom. The third-order valence-corrected chi connectivity index (χ3v) is 7.30. The fourth-order valence-electron chi connectivity index (χ4n) is 5.33. The van der Waals surface area contributed by atoms with Crippen LogP contribution in [0.15, 0.2) is 24.3 Å². The molecule has 0 heterocycles. The standard InChI is InChI=1S/C24H38/c1-3-19-5-7-21(8-6-19)9-10-22-13-17-24(18-14-22)23-15-11-20(4-2)12-16-23/h5-8,20,22-24H,3-4,9-18H2,1-2H3/t20-,22-,23-,24-. The fraction of sp³-hybridized carbons (Fsp3) is 0.750. The first-order chi connectivity index (χ1) is 11.8. The maximum atomic E-state index is 2.38. The minimum absolute atomic E-state index is 0.999. The molecule has 2 aliphatic rings. The molecule has 0 N–H and O–H groups in total. The molecule has 0 saturated heterocycles. The van der Waals surface area contributed by atoms with Gasteiger partial charge in [-0.05, 0) is 79.7 Å². The molecule has 2 fully saturated rings. The third-order valence-electron chi connectivity index (χ3n) is 7.30. The van der Waals surface area contributed by atoms with Crippen LogP contribution < -0.4 is 0 Å². The molecule has 134 valence electrons. The van der Waals surface area contributed by atoms with Crippen molar-refractivity contribution in [3.63, 3.8) is 0 Å². The first kappa shape index (κ1) is 18.0. The average Bonchev–Trinajstić information content (AvgIpc) is 2.67. The number of aryl methyl sites for hydroxylation is 2. The SMILES string of the molecule is CCc1ccc(CC[C@H]2CC[C@H]([C@H]3CC[C@H](CC)CC3)CC2)cc1. The summed E-state index contributed by atoms with van der Waals surface area (Å²) in [7, 11) is 0. The van der Waals surface area contributed by atoms with Gasteiger partial charge in [0.05, 0.1) is 0 Å². The number of hydrogen-bond acceptors (Lipinski definition) is 0. The van der Waals surface area contributed by atoms with Crippen LogP contribution in [-0.4, -0.2) is 0 Å². The Hall–Kier alpha value is -0.780. The summed E-state index contributed by atoms with van der Waals surface area (Å²) in [5.74, 6) is 4.20. The van der Waals surface area contributed by atoms with Crippen LogP contribution in [0.1, 0.15) is 89.2 Å². The summed E-state index contributed by atoms with van der Waals surface area (Å²) in [5.41, 5.74) is 3.02. The molecule has 0 bridgehead atoms. The van der Waals surface area contributed by atoms with E-state index in [1.807, 2.05) is 0 Å². The van der Waals surface area contributed by atoms with Gasteiger partial charge in [0.25, 0.3) is 0 Å². The lowest BCUT2D eigenvalue weighted by atomic mass is 9.68. The molecule has 2 aliphatic carbocycles. The molecule has 2 saturated carbocycles. The van der Waals surface area contributed by atoms with Crippen LogP contribution in [0.5, 0.6) is 0 Å². The summed E-state index contributed by atoms with van der Waals surface area (Å²) in [4.78, 5) is 0. The van der Waals surface area contributed by atoms with Gasteiger partial charge in [0.2, 0.25) is 0 Å². The van der Waals surface area contributed by atoms with Crippen LogP contribution in [0, 0.1) is 23.7 Å². The van der Waals surface area contributed by atoms with E-state index in [9.17, 15) is 0 Å². The highest BCUT2D eigenvalue weighted by Gasteiger charge is 2.30. The van der Waals surface area contributed by atoms with Crippen LogP contribution in [0.2, 0.25) is 0 Å². The second-order valence-corrected chi connectivity index (χ2v) is 8.68. The van der Waals surface area contributed by atoms with Crippen molar-refractivity contribution in [2.75, 3.05) is 0 Å². The van der Waals surface area contributed by atoms with Crippen molar-refractivity contribution in [3.8, 4) is 0 Å². The molecule has 0 radical (unpaired) electrons. The largest absolute Gasteiger partial charge is 0.0651 e. The Balaban J connectivity index is 1.37. The van der Waals surface area contributed by atoms with Gasteiger partial charge in [-0.3, -0.25) is 0 Å². The van der Waals surface area contributed by atoms with Gasteiger partial charge in [0, 0.05) is 0 Å². The highest BCUT2D eigenvalue weighted by atomic mass is 14.4. The van der Waals surface area contributed by atoms with E-state index < -0.39 is 0 Å². The second-order valence-electron chi connectivity index (χ2n) is 8.68. The van der Waals surface area contributed by atoms with Crippen molar-refractivity contribution < 1.29 is 0 Å². The summed E-state index contributed by atoms with van der Waals surface area (Å²) in [5, 5.41) is 0. The first-order valence-electron chi connectivity index (χ1n) is 10.9. The van der Waals surface area contributed by atoms with Gasteiger partial charge >= 0.3 is 0 Å². The number of hydrogen-bond donors (Lipinski definition) is 0. The zero-order chi connectivity index (χ0) is 16.8. The predicted molar refractivity (Wildman–Crippen MR) is 105 cm³/mol. The lowest BCUT2D eigenvalue weighted by Gasteiger charge is -2.37. The molecule has 1 aromatic rings. The molecule has 0 heteroatoms. The Bertz CT molecular complexity index is 455. The highest BCUT2D eigenvalue weighted by molar-refractivity contribution is 5.22. The van der Waals surface area contributed by atoms with Crippen molar-refractivity contribution in [3.05, 3.63) is 35.4 Å². The predicted octanol–water partition coefficient (Wildman–Crippen LogP) is 7.20. The van der Waals surface area contributed by atoms with E-state index in [0.717, 1.165) is 30.1 Å². The van der Waals surface area contributed by atoms with E-state index in [1.165, 1.54) is 76.2 Å². The van der Waals surface area contributed by atoms with Gasteiger partial charge in [-0.15, -0.1) is 0 Å². The molecule has 0 nitrogen and oxygen atoms in total. The molecular weight excluding hydrogens is 288 g/mol. The summed E-state index contributed by atoms with van der Waals surface area (Å²) in [6.07, 6.45) is 17.5. The topological polar surface area (TPSA) is 0 Å². The van der Waals surface area contributed by atoms with Crippen LogP contribution in [0.25, 0.3) is 0 Å². The zero-order valence-corrected chi connectivity index (χ0v) is 16.1. The Morgan fingerprint density at radius 1 is 0.667 bits per heavy atom. The van der Waals surface area contributed by atoms with Crippen molar-refractivity contribution in [2.24, 2.45) is 23.7 Å². The van der Waals surface area contributed by atoms with Gasteiger partial charge in [-0.1, -0.05) is 70.2 Å². The van der Waals surface area contributed by atoms with Gasteiger partial charge in [0.15, 0.2) is 0 Å². The van der Waals surface area contributed by atoms with E-state index in [1.54, 1.807) is 5.56 Å². The summed E-state index contributed by atoms with van der Waals surface area (Å²) in [6, 6.07) is 9.35. The minimum Gasteiger partial charge on any atom is -0.0651 e. The van der Waals surface area contributed by atoms with Crippen LogP contribution >= 0.6 is 0 Å². The van der Waals surface area contributed by atoms with Gasteiger partial charge in [-0.25, -0.2) is 0 Å². The van der Waals surface area contributed by atoms with Crippen molar-refractivity contribution in [1.82, 2.24) is 0 Å². The van der Waals surface area contributed by atoms with Gasteiger partial charge in [0.1, 0.15) is 0 Å². The third kappa shape index (κ3) is 4.87. The summed E-state index contributed by atoms with van der Waals surface area (Å²) < 4.78 is 0. The Morgan fingerprint density at radius 2 is 1.17 bits per heavy atom. The molecule has 0 spiro atoms. The number of benzene rings is 1. The molecule has 1 aromatic carbocycles. The van der Waals surface area contributed by atoms with Gasteiger partial charge in [-0.2, -0.15) is 0 Å². The molecule has 0 amide bonds. The zero-order valence-electron chi connectivity index (χ0n) is 16.1. The van der Waals surface area contributed by atoms with Crippen LogP contribution in [-0.2, 0) is 12.8 Å². The Labute approximate surface area is 150 Å². The summed E-state index contributed by atoms with van der Waals surface area (Å²) >= 11 is 0. The highest BCUT2D eigenvalue weighted by Crippen LogP contribution is 2.42. The van der Waals surface area contributed by atoms with Crippen molar-refractivity contribution in [2.45, 2.75) is 90.9 Å². The molecule has 0 unspecified atom stereocenters. The maximum Gasteiger partial charge on any atom is -0.0276 e. The second kappa shape index (κ2) is 9.07. The lowest BCUT2D eigenvalue weighted by molar-refractivity contribution is 0.142. The maximum absolute atomic E-state index is 2.38. The van der Waals surface area contributed by atoms with E-state index in [4.69, 9.17) is 0 Å². The number of rotatable bonds is 6. The molecular formula is C24H38. The monoisotopic (exact) mass is 326 g/mol. The smallest absolute Gasteiger partial charge is 0.0276 e. The molecule has 24 heavy (non-hydrogen) atoms. The molecule has 0 aliphatic heterocycles. The molecule has 0 aromatic heterocycles. The van der Waals surface area contributed by atoms with Crippen LogP contribution in [0.4, 0.5) is 0 Å². The quantitative estimate of drug-likeness (QED) is 0.518. The van der Waals surface area contributed by atoms with Crippen LogP contribution in [0.3, 0.4) is 0 Å². The van der Waals surface area contributed by atoms with E-state index in [0.29, 0.717) is 0 Å². The molecule has 0 atom stereocenters. The van der Waals surface area contributed by atoms with E-state index >= 15 is 0 Å². The fourth-order valence-corrected chi connectivity index (χ4v) is 5.33. The average molecular weight is 327 g/mol. The normalized spacial score (nSPS) is 31.1. The first-order valence-corrected chi connectivity index (χ1v) is 10.9. The lowest BCUT2D eigenvalue weighted by Crippen LogP contribution is -2.25.